The number of nitriles is 1. The molecule has 0 aliphatic carbocycles. The maximum Gasteiger partial charge on any atom is 0.234 e. The van der Waals surface area contributed by atoms with Gasteiger partial charge in [0.05, 0.1) is 12.1 Å². The van der Waals surface area contributed by atoms with Crippen LogP contribution < -0.4 is 10.6 Å². The fourth-order valence-corrected chi connectivity index (χ4v) is 2.51. The zero-order chi connectivity index (χ0) is 15.8. The van der Waals surface area contributed by atoms with Crippen molar-refractivity contribution in [1.82, 2.24) is 15.2 Å². The minimum Gasteiger partial charge on any atom is -0.367 e. The van der Waals surface area contributed by atoms with E-state index >= 15 is 0 Å². The zero-order valence-electron chi connectivity index (χ0n) is 13.0. The number of anilines is 1. The van der Waals surface area contributed by atoms with Crippen LogP contribution in [0.3, 0.4) is 0 Å². The van der Waals surface area contributed by atoms with Crippen molar-refractivity contribution < 1.29 is 4.79 Å². The molecule has 1 aromatic heterocycles. The minimum atomic E-state index is 0.113. The smallest absolute Gasteiger partial charge is 0.234 e. The molecule has 2 N–H and O–H groups in total. The molecule has 1 aromatic rings. The van der Waals surface area contributed by atoms with Crippen LogP contribution in [0.2, 0.25) is 0 Å². The van der Waals surface area contributed by atoms with E-state index in [1.54, 1.807) is 12.3 Å². The SMILES string of the molecule is CCCNC(=O)CN1CCC(Nc2ccc(C#N)cn2)CC1. The van der Waals surface area contributed by atoms with Gasteiger partial charge in [-0.25, -0.2) is 4.98 Å². The van der Waals surface area contributed by atoms with Crippen LogP contribution in [-0.2, 0) is 4.79 Å². The van der Waals surface area contributed by atoms with Gasteiger partial charge in [0.25, 0.3) is 0 Å². The molecule has 1 fully saturated rings. The first kappa shape index (κ1) is 16.2. The number of hydrogen-bond donors (Lipinski definition) is 2. The number of amides is 1. The number of rotatable bonds is 6. The summed E-state index contributed by atoms with van der Waals surface area (Å²) in [6.45, 7) is 5.11. The topological polar surface area (TPSA) is 81.0 Å². The first-order valence-corrected chi connectivity index (χ1v) is 7.83. The number of aromatic nitrogens is 1. The van der Waals surface area contributed by atoms with Crippen molar-refractivity contribution in [3.05, 3.63) is 23.9 Å². The van der Waals surface area contributed by atoms with Crippen LogP contribution in [0.25, 0.3) is 0 Å². The first-order valence-electron chi connectivity index (χ1n) is 7.83. The molecule has 0 bridgehead atoms. The number of carbonyl (C=O) groups excluding carboxylic acids is 1. The van der Waals surface area contributed by atoms with Crippen LogP contribution in [-0.4, -0.2) is 48.0 Å². The number of nitrogens with zero attached hydrogens (tertiary/aromatic N) is 3. The van der Waals surface area contributed by atoms with E-state index in [1.807, 2.05) is 6.07 Å². The van der Waals surface area contributed by atoms with E-state index in [0.29, 0.717) is 18.2 Å². The van der Waals surface area contributed by atoms with E-state index in [4.69, 9.17) is 5.26 Å². The van der Waals surface area contributed by atoms with Gasteiger partial charge in [0.1, 0.15) is 11.9 Å². The van der Waals surface area contributed by atoms with E-state index in [2.05, 4.69) is 33.5 Å². The second-order valence-electron chi connectivity index (χ2n) is 5.59. The summed E-state index contributed by atoms with van der Waals surface area (Å²) in [5.74, 6) is 0.917. The molecule has 6 heteroatoms. The zero-order valence-corrected chi connectivity index (χ0v) is 13.0. The Morgan fingerprint density at radius 1 is 1.45 bits per heavy atom. The third-order valence-corrected chi connectivity index (χ3v) is 3.77. The number of carbonyl (C=O) groups is 1. The van der Waals surface area contributed by atoms with Gasteiger partial charge in [0.15, 0.2) is 0 Å². The molecule has 6 nitrogen and oxygen atoms in total. The normalized spacial score (nSPS) is 16.0. The van der Waals surface area contributed by atoms with Crippen LogP contribution in [0.4, 0.5) is 5.82 Å². The van der Waals surface area contributed by atoms with Crippen molar-refractivity contribution >= 4 is 11.7 Å². The molecule has 0 unspecified atom stereocenters. The number of nitrogens with one attached hydrogen (secondary N) is 2. The van der Waals surface area contributed by atoms with Crippen molar-refractivity contribution in [2.45, 2.75) is 32.2 Å². The number of likely N-dealkylation sites (tertiary alicyclic amines) is 1. The molecule has 0 saturated carbocycles. The van der Waals surface area contributed by atoms with Gasteiger partial charge < -0.3 is 10.6 Å². The number of piperidine rings is 1. The molecule has 0 spiro atoms. The summed E-state index contributed by atoms with van der Waals surface area (Å²) in [5, 5.41) is 15.1. The van der Waals surface area contributed by atoms with E-state index in [1.165, 1.54) is 0 Å². The van der Waals surface area contributed by atoms with Crippen LogP contribution in [0, 0.1) is 11.3 Å². The molecule has 1 aliphatic heterocycles. The van der Waals surface area contributed by atoms with Crippen molar-refractivity contribution in [2.75, 3.05) is 31.5 Å². The van der Waals surface area contributed by atoms with Crippen LogP contribution in [0.15, 0.2) is 18.3 Å². The van der Waals surface area contributed by atoms with Gasteiger partial charge in [0.2, 0.25) is 5.91 Å². The van der Waals surface area contributed by atoms with E-state index < -0.39 is 0 Å². The highest BCUT2D eigenvalue weighted by Gasteiger charge is 2.20. The molecule has 0 aromatic carbocycles. The summed E-state index contributed by atoms with van der Waals surface area (Å²) >= 11 is 0. The van der Waals surface area contributed by atoms with Crippen molar-refractivity contribution in [3.8, 4) is 6.07 Å². The molecule has 1 saturated heterocycles. The lowest BCUT2D eigenvalue weighted by Gasteiger charge is -2.32. The Bertz CT molecular complexity index is 514. The van der Waals surface area contributed by atoms with Crippen LogP contribution in [0.1, 0.15) is 31.7 Å². The Morgan fingerprint density at radius 3 is 2.82 bits per heavy atom. The third kappa shape index (κ3) is 5.01. The summed E-state index contributed by atoms with van der Waals surface area (Å²) in [5.41, 5.74) is 0.568. The molecule has 22 heavy (non-hydrogen) atoms. The summed E-state index contributed by atoms with van der Waals surface area (Å²) in [6, 6.07) is 6.04. The molecule has 1 aliphatic rings. The van der Waals surface area contributed by atoms with Crippen LogP contribution in [0.5, 0.6) is 0 Å². The van der Waals surface area contributed by atoms with Crippen LogP contribution >= 0.6 is 0 Å². The van der Waals surface area contributed by atoms with E-state index in [-0.39, 0.29) is 5.91 Å². The predicted octanol–water partition coefficient (Wildman–Crippen LogP) is 1.36. The molecule has 0 atom stereocenters. The third-order valence-electron chi connectivity index (χ3n) is 3.77. The fourth-order valence-electron chi connectivity index (χ4n) is 2.51. The largest absolute Gasteiger partial charge is 0.367 e. The molecule has 118 valence electrons. The fraction of sp³-hybridized carbons (Fsp3) is 0.562. The van der Waals surface area contributed by atoms with E-state index in [0.717, 1.165) is 44.7 Å². The average Bonchev–Trinajstić information content (AvgIpc) is 2.55. The molecule has 2 rings (SSSR count). The lowest BCUT2D eigenvalue weighted by atomic mass is 10.1. The van der Waals surface area contributed by atoms with E-state index in [9.17, 15) is 4.79 Å². The van der Waals surface area contributed by atoms with Gasteiger partial charge in [-0.2, -0.15) is 5.26 Å². The van der Waals surface area contributed by atoms with Crippen molar-refractivity contribution in [1.29, 1.82) is 5.26 Å². The molecule has 0 radical (unpaired) electrons. The monoisotopic (exact) mass is 301 g/mol. The highest BCUT2D eigenvalue weighted by Crippen LogP contribution is 2.15. The van der Waals surface area contributed by atoms with Gasteiger partial charge in [-0.1, -0.05) is 6.92 Å². The molecular weight excluding hydrogens is 278 g/mol. The number of hydrogen-bond acceptors (Lipinski definition) is 5. The highest BCUT2D eigenvalue weighted by molar-refractivity contribution is 5.77. The van der Waals surface area contributed by atoms with Gasteiger partial charge >= 0.3 is 0 Å². The Morgan fingerprint density at radius 2 is 2.23 bits per heavy atom. The lowest BCUT2D eigenvalue weighted by Crippen LogP contribution is -2.44. The quantitative estimate of drug-likeness (QED) is 0.829. The summed E-state index contributed by atoms with van der Waals surface area (Å²) in [6.07, 6.45) is 4.52. The standard InChI is InChI=1S/C16H23N5O/c1-2-7-18-16(22)12-21-8-5-14(6-9-21)20-15-4-3-13(10-17)11-19-15/h3-4,11,14H,2,5-9,12H2,1H3,(H,18,22)(H,19,20). The Hall–Kier alpha value is -2.13. The molecule has 1 amide bonds. The Balaban J connectivity index is 1.72. The van der Waals surface area contributed by atoms with Gasteiger partial charge in [-0.15, -0.1) is 0 Å². The lowest BCUT2D eigenvalue weighted by molar-refractivity contribution is -0.122. The summed E-state index contributed by atoms with van der Waals surface area (Å²) in [4.78, 5) is 18.1. The summed E-state index contributed by atoms with van der Waals surface area (Å²) < 4.78 is 0. The highest BCUT2D eigenvalue weighted by atomic mass is 16.2. The molecule has 2 heterocycles. The van der Waals surface area contributed by atoms with Gasteiger partial charge in [0, 0.05) is 31.9 Å². The maximum absolute atomic E-state index is 11.7. The Kier molecular flexibility index (Phi) is 6.16. The predicted molar refractivity (Wildman–Crippen MR) is 85.3 cm³/mol. The van der Waals surface area contributed by atoms with Crippen molar-refractivity contribution in [2.24, 2.45) is 0 Å². The number of pyridine rings is 1. The first-order chi connectivity index (χ1) is 10.7. The van der Waals surface area contributed by atoms with Gasteiger partial charge in [-0.05, 0) is 31.4 Å². The van der Waals surface area contributed by atoms with Gasteiger partial charge in [-0.3, -0.25) is 9.69 Å². The summed E-state index contributed by atoms with van der Waals surface area (Å²) in [7, 11) is 0. The second kappa shape index (κ2) is 8.35. The average molecular weight is 301 g/mol. The molecular formula is C16H23N5O. The minimum absolute atomic E-state index is 0.113. The Labute approximate surface area is 131 Å². The maximum atomic E-state index is 11.7. The second-order valence-corrected chi connectivity index (χ2v) is 5.59. The van der Waals surface area contributed by atoms with Crippen molar-refractivity contribution in [3.63, 3.8) is 0 Å².